The summed E-state index contributed by atoms with van der Waals surface area (Å²) in [6.07, 6.45) is 1.85. The van der Waals surface area contributed by atoms with Crippen LogP contribution >= 0.6 is 0 Å². The molecule has 0 nitrogen and oxygen atoms in total. The van der Waals surface area contributed by atoms with Crippen LogP contribution in [0.2, 0.25) is 0 Å². The number of aryl methyl sites for hydroxylation is 2. The molecule has 118 valence electrons. The van der Waals surface area contributed by atoms with E-state index in [1.54, 1.807) is 0 Å². The molecular weight excluding hydrogens is 290 g/mol. The number of hydrogen-bond acceptors (Lipinski definition) is 0. The summed E-state index contributed by atoms with van der Waals surface area (Å²) >= 11 is 0. The molecule has 0 aromatic heterocycles. The highest BCUT2D eigenvalue weighted by Crippen LogP contribution is 2.23. The van der Waals surface area contributed by atoms with Gasteiger partial charge in [0.15, 0.2) is 11.7 Å². The lowest BCUT2D eigenvalue weighted by atomic mass is 10.00. The van der Waals surface area contributed by atoms with Crippen LogP contribution in [0.25, 0.3) is 11.1 Å². The Balaban J connectivity index is 2.02. The normalized spacial score (nSPS) is 11.8. The summed E-state index contributed by atoms with van der Waals surface area (Å²) in [4.78, 5) is 0. The van der Waals surface area contributed by atoms with Crippen molar-refractivity contribution in [1.29, 1.82) is 0 Å². The Labute approximate surface area is 136 Å². The Hall–Kier alpha value is -2.48. The first-order chi connectivity index (χ1) is 11.0. The van der Waals surface area contributed by atoms with Crippen molar-refractivity contribution in [2.75, 3.05) is 0 Å². The van der Waals surface area contributed by atoms with Gasteiger partial charge in [-0.3, -0.25) is 0 Å². The summed E-state index contributed by atoms with van der Waals surface area (Å²) < 4.78 is 26.6. The zero-order valence-corrected chi connectivity index (χ0v) is 13.3. The summed E-state index contributed by atoms with van der Waals surface area (Å²) in [6.45, 7) is 8.86. The second-order valence-electron chi connectivity index (χ2n) is 5.53. The molecule has 0 fully saturated rings. The molecule has 2 aromatic carbocycles. The van der Waals surface area contributed by atoms with Crippen molar-refractivity contribution < 1.29 is 8.78 Å². The maximum absolute atomic E-state index is 13.5. The maximum atomic E-state index is 13.5. The topological polar surface area (TPSA) is 0 Å². The fraction of sp³-hybridized carbons (Fsp3) is 0.143. The van der Waals surface area contributed by atoms with Gasteiger partial charge in [0.25, 0.3) is 0 Å². The number of halogens is 2. The molecule has 0 saturated heterocycles. The van der Waals surface area contributed by atoms with Crippen LogP contribution in [-0.4, -0.2) is 0 Å². The van der Waals surface area contributed by atoms with Gasteiger partial charge in [0.05, 0.1) is 0 Å². The molecule has 0 atom stereocenters. The first kappa shape index (κ1) is 16.9. The highest BCUT2D eigenvalue weighted by Gasteiger charge is 2.08. The summed E-state index contributed by atoms with van der Waals surface area (Å²) in [5.74, 6) is -1.86. The van der Waals surface area contributed by atoms with Gasteiger partial charge in [-0.15, -0.1) is 0 Å². The Kier molecular flexibility index (Phi) is 5.64. The lowest BCUT2D eigenvalue weighted by Gasteiger charge is -2.06. The van der Waals surface area contributed by atoms with Crippen molar-refractivity contribution in [1.82, 2.24) is 0 Å². The molecule has 2 heteroatoms. The van der Waals surface area contributed by atoms with Crippen LogP contribution in [0.4, 0.5) is 8.78 Å². The molecule has 0 aliphatic rings. The van der Waals surface area contributed by atoms with E-state index in [1.807, 2.05) is 24.3 Å². The highest BCUT2D eigenvalue weighted by atomic mass is 19.2. The van der Waals surface area contributed by atoms with Crippen LogP contribution in [0.5, 0.6) is 0 Å². The molecule has 0 N–H and O–H groups in total. The zero-order valence-electron chi connectivity index (χ0n) is 13.3. The minimum Gasteiger partial charge on any atom is -0.204 e. The van der Waals surface area contributed by atoms with Gasteiger partial charge in [-0.1, -0.05) is 67.3 Å². The average molecular weight is 310 g/mol. The van der Waals surface area contributed by atoms with Crippen LogP contribution < -0.4 is 0 Å². The minimum atomic E-state index is -0.954. The molecule has 0 radical (unpaired) electrons. The third-order valence-electron chi connectivity index (χ3n) is 3.75. The van der Waals surface area contributed by atoms with E-state index in [4.69, 9.17) is 0 Å². The standard InChI is InChI=1S/C21H20F2/c1-4-20(22)21(23)16(3)7-8-17-9-13-19(14-10-17)18-11-5-15(2)6-12-18/h4-6,9-14H,1,3,7-8H2,2H3/b21-20-. The fourth-order valence-electron chi connectivity index (χ4n) is 2.27. The lowest BCUT2D eigenvalue weighted by Crippen LogP contribution is -1.91. The minimum absolute atomic E-state index is 0.157. The predicted molar refractivity (Wildman–Crippen MR) is 93.5 cm³/mol. The maximum Gasteiger partial charge on any atom is 0.161 e. The average Bonchev–Trinajstić information content (AvgIpc) is 2.59. The molecule has 0 bridgehead atoms. The van der Waals surface area contributed by atoms with Gasteiger partial charge < -0.3 is 0 Å². The first-order valence-corrected chi connectivity index (χ1v) is 7.53. The molecule has 2 rings (SSSR count). The number of allylic oxidation sites excluding steroid dienone is 4. The second kappa shape index (κ2) is 7.68. The van der Waals surface area contributed by atoms with Crippen LogP contribution in [0, 0.1) is 6.92 Å². The molecule has 0 spiro atoms. The molecule has 0 aliphatic carbocycles. The van der Waals surface area contributed by atoms with E-state index >= 15 is 0 Å². The van der Waals surface area contributed by atoms with Crippen molar-refractivity contribution in [3.8, 4) is 11.1 Å². The SMILES string of the molecule is C=C/C(F)=C(/F)C(=C)CCc1ccc(-c2ccc(C)cc2)cc1. The van der Waals surface area contributed by atoms with Crippen molar-refractivity contribution >= 4 is 0 Å². The van der Waals surface area contributed by atoms with Crippen LogP contribution in [0.1, 0.15) is 17.5 Å². The van der Waals surface area contributed by atoms with E-state index in [0.717, 1.165) is 22.8 Å². The monoisotopic (exact) mass is 310 g/mol. The van der Waals surface area contributed by atoms with Crippen molar-refractivity contribution in [2.24, 2.45) is 0 Å². The van der Waals surface area contributed by atoms with Gasteiger partial charge in [-0.05, 0) is 48.1 Å². The molecule has 23 heavy (non-hydrogen) atoms. The molecular formula is C21H20F2. The van der Waals surface area contributed by atoms with Crippen LogP contribution in [-0.2, 0) is 6.42 Å². The molecule has 0 amide bonds. The van der Waals surface area contributed by atoms with E-state index in [9.17, 15) is 8.78 Å². The molecule has 0 saturated carbocycles. The molecule has 0 heterocycles. The molecule has 2 aromatic rings. The van der Waals surface area contributed by atoms with Gasteiger partial charge in [-0.2, -0.15) is 0 Å². The first-order valence-electron chi connectivity index (χ1n) is 7.53. The van der Waals surface area contributed by atoms with Crippen molar-refractivity contribution in [3.05, 3.63) is 96.1 Å². The second-order valence-corrected chi connectivity index (χ2v) is 5.53. The number of rotatable bonds is 6. The van der Waals surface area contributed by atoms with Crippen LogP contribution in [0.15, 0.2) is 85.0 Å². The van der Waals surface area contributed by atoms with Crippen molar-refractivity contribution in [2.45, 2.75) is 19.8 Å². The van der Waals surface area contributed by atoms with Gasteiger partial charge in [-0.25, -0.2) is 8.78 Å². The smallest absolute Gasteiger partial charge is 0.161 e. The number of benzene rings is 2. The van der Waals surface area contributed by atoms with Gasteiger partial charge in [0, 0.05) is 0 Å². The van der Waals surface area contributed by atoms with E-state index in [0.29, 0.717) is 12.8 Å². The van der Waals surface area contributed by atoms with E-state index < -0.39 is 11.7 Å². The molecule has 0 unspecified atom stereocenters. The van der Waals surface area contributed by atoms with Crippen LogP contribution in [0.3, 0.4) is 0 Å². The van der Waals surface area contributed by atoms with Gasteiger partial charge in [0.2, 0.25) is 0 Å². The highest BCUT2D eigenvalue weighted by molar-refractivity contribution is 5.63. The quantitative estimate of drug-likeness (QED) is 0.535. The van der Waals surface area contributed by atoms with E-state index in [-0.39, 0.29) is 5.57 Å². The Morgan fingerprint density at radius 1 is 0.957 bits per heavy atom. The Morgan fingerprint density at radius 3 is 2.00 bits per heavy atom. The van der Waals surface area contributed by atoms with E-state index in [1.165, 1.54) is 5.56 Å². The van der Waals surface area contributed by atoms with Gasteiger partial charge in [0.1, 0.15) is 0 Å². The number of hydrogen-bond donors (Lipinski definition) is 0. The van der Waals surface area contributed by atoms with Crippen molar-refractivity contribution in [3.63, 3.8) is 0 Å². The summed E-state index contributed by atoms with van der Waals surface area (Å²) in [5, 5.41) is 0. The Bertz CT molecular complexity index is 719. The summed E-state index contributed by atoms with van der Waals surface area (Å²) in [7, 11) is 0. The molecule has 0 aliphatic heterocycles. The Morgan fingerprint density at radius 2 is 1.48 bits per heavy atom. The lowest BCUT2D eigenvalue weighted by molar-refractivity contribution is 0.558. The summed E-state index contributed by atoms with van der Waals surface area (Å²) in [6, 6.07) is 16.4. The van der Waals surface area contributed by atoms with Gasteiger partial charge >= 0.3 is 0 Å². The predicted octanol–water partition coefficient (Wildman–Crippen LogP) is 6.49. The third kappa shape index (κ3) is 4.49. The largest absolute Gasteiger partial charge is 0.204 e. The fourth-order valence-corrected chi connectivity index (χ4v) is 2.27. The third-order valence-corrected chi connectivity index (χ3v) is 3.75. The van der Waals surface area contributed by atoms with E-state index in [2.05, 4.69) is 44.3 Å². The zero-order chi connectivity index (χ0) is 16.8. The summed E-state index contributed by atoms with van der Waals surface area (Å²) in [5.41, 5.74) is 4.74.